The summed E-state index contributed by atoms with van der Waals surface area (Å²) in [7, 11) is 0. The molecule has 21 heavy (non-hydrogen) atoms. The average molecular weight is 303 g/mol. The van der Waals surface area contributed by atoms with E-state index in [2.05, 4.69) is 0 Å². The maximum atomic E-state index is 10.9. The fraction of sp³-hybridized carbons (Fsp3) is 0.133. The molecule has 0 radical (unpaired) electrons. The number of benzene rings is 2. The molecule has 1 N–H and O–H groups in total. The Morgan fingerprint density at radius 2 is 1.90 bits per heavy atom. The lowest BCUT2D eigenvalue weighted by Crippen LogP contribution is -1.99. The Balaban J connectivity index is 2.20. The maximum Gasteiger partial charge on any atom is 0.307 e. The summed E-state index contributed by atoms with van der Waals surface area (Å²) in [6.45, 7) is 1.72. The minimum absolute atomic E-state index is 0.0131. The summed E-state index contributed by atoms with van der Waals surface area (Å²) < 4.78 is 0. The average Bonchev–Trinajstić information content (AvgIpc) is 2.42. The molecule has 0 amide bonds. The van der Waals surface area contributed by atoms with Gasteiger partial charge in [0.2, 0.25) is 0 Å². The number of hydrogen-bond acceptors (Lipinski definition) is 4. The van der Waals surface area contributed by atoms with Crippen LogP contribution in [0.3, 0.4) is 0 Å². The minimum atomic E-state index is -0.870. The van der Waals surface area contributed by atoms with Gasteiger partial charge in [-0.25, -0.2) is 0 Å². The first-order valence-electron chi connectivity index (χ1n) is 6.20. The van der Waals surface area contributed by atoms with Gasteiger partial charge in [0.05, 0.1) is 11.3 Å². The Kier molecular flexibility index (Phi) is 4.59. The van der Waals surface area contributed by atoms with Crippen molar-refractivity contribution in [1.82, 2.24) is 0 Å². The van der Waals surface area contributed by atoms with E-state index in [0.717, 1.165) is 15.4 Å². The lowest BCUT2D eigenvalue weighted by molar-refractivity contribution is -0.385. The zero-order valence-electron chi connectivity index (χ0n) is 11.3. The van der Waals surface area contributed by atoms with Crippen LogP contribution in [-0.2, 0) is 11.2 Å². The molecule has 2 rings (SSSR count). The number of nitro groups is 1. The molecule has 2 aromatic rings. The van der Waals surface area contributed by atoms with Crippen molar-refractivity contribution in [3.05, 3.63) is 63.7 Å². The summed E-state index contributed by atoms with van der Waals surface area (Å²) in [4.78, 5) is 22.9. The van der Waals surface area contributed by atoms with E-state index in [9.17, 15) is 14.9 Å². The Labute approximate surface area is 125 Å². The first-order chi connectivity index (χ1) is 9.97. The smallest absolute Gasteiger partial charge is 0.307 e. The summed E-state index contributed by atoms with van der Waals surface area (Å²) in [6.07, 6.45) is -0.0131. The zero-order chi connectivity index (χ0) is 15.4. The quantitative estimate of drug-likeness (QED) is 0.673. The summed E-state index contributed by atoms with van der Waals surface area (Å²) in [6, 6.07) is 12.1. The predicted molar refractivity (Wildman–Crippen MR) is 79.7 cm³/mol. The van der Waals surface area contributed by atoms with Crippen LogP contribution in [0.2, 0.25) is 0 Å². The monoisotopic (exact) mass is 303 g/mol. The summed E-state index contributed by atoms with van der Waals surface area (Å²) in [5.74, 6) is -0.870. The van der Waals surface area contributed by atoms with Gasteiger partial charge in [0.25, 0.3) is 5.69 Å². The third-order valence-electron chi connectivity index (χ3n) is 2.96. The molecule has 0 heterocycles. The van der Waals surface area contributed by atoms with Crippen LogP contribution in [0.15, 0.2) is 52.3 Å². The number of nitrogens with zero attached hydrogens (tertiary/aromatic N) is 1. The van der Waals surface area contributed by atoms with Crippen molar-refractivity contribution < 1.29 is 14.8 Å². The number of carbonyl (C=O) groups is 1. The van der Waals surface area contributed by atoms with Crippen LogP contribution in [0.4, 0.5) is 5.69 Å². The van der Waals surface area contributed by atoms with E-state index in [0.29, 0.717) is 5.56 Å². The van der Waals surface area contributed by atoms with Crippen molar-refractivity contribution in [2.24, 2.45) is 0 Å². The van der Waals surface area contributed by atoms with Gasteiger partial charge >= 0.3 is 5.97 Å². The summed E-state index contributed by atoms with van der Waals surface area (Å²) in [5.41, 5.74) is 1.45. The van der Waals surface area contributed by atoms with Gasteiger partial charge < -0.3 is 5.11 Å². The summed E-state index contributed by atoms with van der Waals surface area (Å²) >= 11 is 1.42. The predicted octanol–water partition coefficient (Wildman–Crippen LogP) is 3.68. The van der Waals surface area contributed by atoms with Crippen molar-refractivity contribution in [2.75, 3.05) is 0 Å². The topological polar surface area (TPSA) is 80.4 Å². The number of carboxylic acids is 1. The molecule has 0 aliphatic carbocycles. The molecule has 6 heteroatoms. The first-order valence-corrected chi connectivity index (χ1v) is 7.01. The van der Waals surface area contributed by atoms with Crippen LogP contribution in [-0.4, -0.2) is 16.0 Å². The lowest BCUT2D eigenvalue weighted by Gasteiger charge is -2.06. The number of hydrogen-bond donors (Lipinski definition) is 1. The molecule has 0 aromatic heterocycles. The van der Waals surface area contributed by atoms with Gasteiger partial charge in [-0.2, -0.15) is 0 Å². The summed E-state index contributed by atoms with van der Waals surface area (Å²) in [5, 5.41) is 19.6. The maximum absolute atomic E-state index is 10.9. The zero-order valence-corrected chi connectivity index (χ0v) is 12.1. The molecule has 0 unspecified atom stereocenters. The molecule has 0 spiro atoms. The molecule has 0 aliphatic heterocycles. The second-order valence-electron chi connectivity index (χ2n) is 4.47. The Bertz CT molecular complexity index is 683. The van der Waals surface area contributed by atoms with Crippen molar-refractivity contribution in [3.63, 3.8) is 0 Å². The molecule has 108 valence electrons. The van der Waals surface area contributed by atoms with Crippen molar-refractivity contribution in [3.8, 4) is 0 Å². The molecule has 0 fully saturated rings. The van der Waals surface area contributed by atoms with Gasteiger partial charge in [0, 0.05) is 21.4 Å². The molecule has 0 saturated heterocycles. The highest BCUT2D eigenvalue weighted by Crippen LogP contribution is 2.34. The Morgan fingerprint density at radius 1 is 1.24 bits per heavy atom. The van der Waals surface area contributed by atoms with Crippen LogP contribution >= 0.6 is 11.8 Å². The Hall–Kier alpha value is -2.34. The molecular weight excluding hydrogens is 290 g/mol. The van der Waals surface area contributed by atoms with Crippen LogP contribution in [0.5, 0.6) is 0 Å². The molecule has 0 aliphatic rings. The fourth-order valence-corrected chi connectivity index (χ4v) is 2.82. The third kappa shape index (κ3) is 3.82. The first kappa shape index (κ1) is 15.1. The van der Waals surface area contributed by atoms with Crippen LogP contribution in [0.25, 0.3) is 0 Å². The highest BCUT2D eigenvalue weighted by molar-refractivity contribution is 7.99. The second-order valence-corrected chi connectivity index (χ2v) is 5.59. The van der Waals surface area contributed by atoms with E-state index in [1.54, 1.807) is 25.1 Å². The molecule has 0 saturated carbocycles. The fourth-order valence-electron chi connectivity index (χ4n) is 1.89. The third-order valence-corrected chi connectivity index (χ3v) is 4.13. The van der Waals surface area contributed by atoms with Crippen LogP contribution in [0, 0.1) is 17.0 Å². The largest absolute Gasteiger partial charge is 0.481 e. The normalized spacial score (nSPS) is 10.3. The number of rotatable bonds is 5. The number of aliphatic carboxylic acids is 1. The highest BCUT2D eigenvalue weighted by Gasteiger charge is 2.13. The van der Waals surface area contributed by atoms with E-state index in [-0.39, 0.29) is 12.1 Å². The van der Waals surface area contributed by atoms with Crippen molar-refractivity contribution in [2.45, 2.75) is 23.1 Å². The van der Waals surface area contributed by atoms with Crippen molar-refractivity contribution in [1.29, 1.82) is 0 Å². The molecule has 2 aromatic carbocycles. The standard InChI is InChI=1S/C15H13NO4S/c1-10-13(16(19)20)3-2-4-14(10)21-12-7-5-11(6-8-12)9-15(17)18/h2-8H,9H2,1H3,(H,17,18). The second kappa shape index (κ2) is 6.41. The van der Waals surface area contributed by atoms with Crippen LogP contribution in [0.1, 0.15) is 11.1 Å². The number of carboxylic acid groups (broad SMARTS) is 1. The van der Waals surface area contributed by atoms with E-state index in [1.165, 1.54) is 17.8 Å². The highest BCUT2D eigenvalue weighted by atomic mass is 32.2. The minimum Gasteiger partial charge on any atom is -0.481 e. The van der Waals surface area contributed by atoms with Gasteiger partial charge in [-0.3, -0.25) is 14.9 Å². The van der Waals surface area contributed by atoms with E-state index in [1.807, 2.05) is 18.2 Å². The Morgan fingerprint density at radius 3 is 2.48 bits per heavy atom. The van der Waals surface area contributed by atoms with Gasteiger partial charge in [-0.1, -0.05) is 30.0 Å². The molecule has 5 nitrogen and oxygen atoms in total. The molecule has 0 atom stereocenters. The van der Waals surface area contributed by atoms with Gasteiger partial charge in [-0.15, -0.1) is 0 Å². The SMILES string of the molecule is Cc1c(Sc2ccc(CC(=O)O)cc2)cccc1[N+](=O)[O-]. The number of nitro benzene ring substituents is 1. The van der Waals surface area contributed by atoms with E-state index >= 15 is 0 Å². The van der Waals surface area contributed by atoms with Gasteiger partial charge in [-0.05, 0) is 30.7 Å². The van der Waals surface area contributed by atoms with E-state index < -0.39 is 10.9 Å². The molecular formula is C15H13NO4S. The van der Waals surface area contributed by atoms with E-state index in [4.69, 9.17) is 5.11 Å². The van der Waals surface area contributed by atoms with Gasteiger partial charge in [0.1, 0.15) is 0 Å². The molecule has 0 bridgehead atoms. The van der Waals surface area contributed by atoms with Crippen LogP contribution < -0.4 is 0 Å². The lowest BCUT2D eigenvalue weighted by atomic mass is 10.2. The van der Waals surface area contributed by atoms with Gasteiger partial charge in [0.15, 0.2) is 0 Å². The van der Waals surface area contributed by atoms with Crippen molar-refractivity contribution >= 4 is 23.4 Å².